The van der Waals surface area contributed by atoms with Gasteiger partial charge < -0.3 is 14.5 Å². The quantitative estimate of drug-likeness (QED) is 0.575. The first-order valence-electron chi connectivity index (χ1n) is 6.56. The molecule has 0 saturated heterocycles. The fourth-order valence-electron chi connectivity index (χ4n) is 2.03. The third kappa shape index (κ3) is 3.20. The molecule has 8 heteroatoms. The summed E-state index contributed by atoms with van der Waals surface area (Å²) in [5.41, 5.74) is 1.15. The lowest BCUT2D eigenvalue weighted by Gasteiger charge is -2.06. The molecule has 118 valence electrons. The Labute approximate surface area is 140 Å². The molecule has 23 heavy (non-hydrogen) atoms. The first-order chi connectivity index (χ1) is 11.1. The predicted molar refractivity (Wildman–Crippen MR) is 87.0 cm³/mol. The van der Waals surface area contributed by atoms with Gasteiger partial charge in [-0.1, -0.05) is 11.6 Å². The number of amides is 1. The van der Waals surface area contributed by atoms with Crippen molar-refractivity contribution in [3.63, 3.8) is 0 Å². The monoisotopic (exact) mass is 350 g/mol. The van der Waals surface area contributed by atoms with Crippen LogP contribution in [0.4, 0.5) is 5.69 Å². The third-order valence-electron chi connectivity index (χ3n) is 3.15. The van der Waals surface area contributed by atoms with E-state index in [0.29, 0.717) is 21.5 Å². The first-order valence-corrected chi connectivity index (χ1v) is 7.82. The van der Waals surface area contributed by atoms with Gasteiger partial charge in [-0.05, 0) is 23.6 Å². The first kappa shape index (κ1) is 15.5. The average molecular weight is 351 g/mol. The van der Waals surface area contributed by atoms with Crippen molar-refractivity contribution in [3.8, 4) is 0 Å². The summed E-state index contributed by atoms with van der Waals surface area (Å²) in [7, 11) is 1.32. The van der Waals surface area contributed by atoms with Gasteiger partial charge in [0.1, 0.15) is 5.69 Å². The number of methoxy groups -OCH3 is 1. The molecule has 0 fully saturated rings. The van der Waals surface area contributed by atoms with Gasteiger partial charge in [-0.25, -0.2) is 4.98 Å². The second kappa shape index (κ2) is 6.39. The molecule has 0 saturated carbocycles. The number of rotatable bonds is 4. The number of carbonyl (C=O) groups is 2. The van der Waals surface area contributed by atoms with Crippen molar-refractivity contribution in [1.29, 1.82) is 0 Å². The van der Waals surface area contributed by atoms with Gasteiger partial charge in [0.25, 0.3) is 5.91 Å². The van der Waals surface area contributed by atoms with E-state index in [1.54, 1.807) is 23.6 Å². The standard InChI is InChI=1S/C15H11ClN2O4S/c1-21-12(19)7-11-9(3-5-23-11)18-15(20)10-6-8-2-4-22-13(8)14(16)17-10/h2-6H,7H2,1H3,(H,18,20). The largest absolute Gasteiger partial charge is 0.469 e. The highest BCUT2D eigenvalue weighted by atomic mass is 35.5. The fraction of sp³-hybridized carbons (Fsp3) is 0.133. The molecular formula is C15H11ClN2O4S. The molecule has 1 N–H and O–H groups in total. The minimum atomic E-state index is -0.417. The van der Waals surface area contributed by atoms with Crippen LogP contribution in [0, 0.1) is 0 Å². The van der Waals surface area contributed by atoms with Crippen LogP contribution in [0.1, 0.15) is 15.4 Å². The van der Waals surface area contributed by atoms with Crippen LogP contribution in [0.25, 0.3) is 11.0 Å². The number of thiophene rings is 1. The summed E-state index contributed by atoms with van der Waals surface area (Å²) in [5, 5.41) is 5.33. The highest BCUT2D eigenvalue weighted by molar-refractivity contribution is 7.10. The van der Waals surface area contributed by atoms with E-state index < -0.39 is 5.91 Å². The van der Waals surface area contributed by atoms with Crippen molar-refractivity contribution >= 4 is 51.5 Å². The maximum Gasteiger partial charge on any atom is 0.310 e. The molecule has 3 aromatic heterocycles. The van der Waals surface area contributed by atoms with E-state index in [2.05, 4.69) is 15.0 Å². The molecule has 0 spiro atoms. The summed E-state index contributed by atoms with van der Waals surface area (Å²) in [4.78, 5) is 28.5. The Hall–Kier alpha value is -2.38. The van der Waals surface area contributed by atoms with Crippen LogP contribution < -0.4 is 5.32 Å². The van der Waals surface area contributed by atoms with Crippen LogP contribution in [-0.4, -0.2) is 24.0 Å². The van der Waals surface area contributed by atoms with Crippen LogP contribution in [-0.2, 0) is 16.0 Å². The molecule has 0 bridgehead atoms. The van der Waals surface area contributed by atoms with E-state index >= 15 is 0 Å². The predicted octanol–water partition coefficient (Wildman–Crippen LogP) is 3.51. The smallest absolute Gasteiger partial charge is 0.310 e. The summed E-state index contributed by atoms with van der Waals surface area (Å²) in [6.07, 6.45) is 1.58. The lowest BCUT2D eigenvalue weighted by atomic mass is 10.2. The van der Waals surface area contributed by atoms with Crippen molar-refractivity contribution in [2.75, 3.05) is 12.4 Å². The van der Waals surface area contributed by atoms with E-state index in [1.807, 2.05) is 0 Å². The van der Waals surface area contributed by atoms with Crippen LogP contribution in [0.15, 0.2) is 34.3 Å². The van der Waals surface area contributed by atoms with Gasteiger partial charge in [0.2, 0.25) is 0 Å². The second-order valence-corrected chi connectivity index (χ2v) is 5.96. The van der Waals surface area contributed by atoms with E-state index in [1.165, 1.54) is 24.7 Å². The van der Waals surface area contributed by atoms with Gasteiger partial charge in [0.05, 0.1) is 25.5 Å². The lowest BCUT2D eigenvalue weighted by molar-refractivity contribution is -0.139. The normalized spacial score (nSPS) is 10.7. The number of hydrogen-bond donors (Lipinski definition) is 1. The van der Waals surface area contributed by atoms with Crippen molar-refractivity contribution in [2.24, 2.45) is 0 Å². The molecule has 0 unspecified atom stereocenters. The minimum Gasteiger partial charge on any atom is -0.469 e. The summed E-state index contributed by atoms with van der Waals surface area (Å²) in [6, 6.07) is 5.01. The average Bonchev–Trinajstić information content (AvgIpc) is 3.17. The summed E-state index contributed by atoms with van der Waals surface area (Å²) in [6.45, 7) is 0. The van der Waals surface area contributed by atoms with E-state index in [-0.39, 0.29) is 23.2 Å². The number of anilines is 1. The Kier molecular flexibility index (Phi) is 4.31. The lowest BCUT2D eigenvalue weighted by Crippen LogP contribution is -2.15. The molecule has 0 radical (unpaired) electrons. The van der Waals surface area contributed by atoms with Gasteiger partial charge in [0, 0.05) is 10.3 Å². The molecule has 6 nitrogen and oxygen atoms in total. The fourth-order valence-corrected chi connectivity index (χ4v) is 3.09. The van der Waals surface area contributed by atoms with Crippen molar-refractivity contribution in [2.45, 2.75) is 6.42 Å². The number of carbonyl (C=O) groups excluding carboxylic acids is 2. The van der Waals surface area contributed by atoms with Crippen LogP contribution in [0.2, 0.25) is 5.15 Å². The Morgan fingerprint density at radius 1 is 1.43 bits per heavy atom. The number of aromatic nitrogens is 1. The van der Waals surface area contributed by atoms with Gasteiger partial charge in [-0.15, -0.1) is 11.3 Å². The van der Waals surface area contributed by atoms with Gasteiger partial charge in [-0.2, -0.15) is 0 Å². The van der Waals surface area contributed by atoms with Crippen LogP contribution in [0.3, 0.4) is 0 Å². The number of halogens is 1. The molecule has 3 aromatic rings. The molecule has 3 rings (SSSR count). The summed E-state index contributed by atoms with van der Waals surface area (Å²) in [5.74, 6) is -0.788. The SMILES string of the molecule is COC(=O)Cc1sccc1NC(=O)c1cc2ccoc2c(Cl)n1. The number of ether oxygens (including phenoxy) is 1. The molecule has 3 heterocycles. The maximum absolute atomic E-state index is 12.4. The van der Waals surface area contributed by atoms with Crippen LogP contribution >= 0.6 is 22.9 Å². The zero-order chi connectivity index (χ0) is 16.4. The topological polar surface area (TPSA) is 81.4 Å². The molecule has 0 aromatic carbocycles. The Morgan fingerprint density at radius 3 is 3.04 bits per heavy atom. The molecule has 0 aliphatic rings. The van der Waals surface area contributed by atoms with Gasteiger partial charge in [0.15, 0.2) is 10.7 Å². The van der Waals surface area contributed by atoms with E-state index in [0.717, 1.165) is 0 Å². The Balaban J connectivity index is 1.83. The molecular weight excluding hydrogens is 340 g/mol. The number of hydrogen-bond acceptors (Lipinski definition) is 6. The van der Waals surface area contributed by atoms with Gasteiger partial charge >= 0.3 is 5.97 Å². The zero-order valence-corrected chi connectivity index (χ0v) is 13.5. The molecule has 0 atom stereocenters. The van der Waals surface area contributed by atoms with Crippen molar-refractivity contribution in [1.82, 2.24) is 4.98 Å². The highest BCUT2D eigenvalue weighted by Gasteiger charge is 2.16. The minimum absolute atomic E-state index is 0.0960. The molecule has 1 amide bonds. The van der Waals surface area contributed by atoms with Crippen molar-refractivity contribution in [3.05, 3.63) is 45.6 Å². The zero-order valence-electron chi connectivity index (χ0n) is 12.0. The second-order valence-electron chi connectivity index (χ2n) is 4.60. The highest BCUT2D eigenvalue weighted by Crippen LogP contribution is 2.26. The van der Waals surface area contributed by atoms with E-state index in [4.69, 9.17) is 16.0 Å². The Morgan fingerprint density at radius 2 is 2.26 bits per heavy atom. The van der Waals surface area contributed by atoms with Gasteiger partial charge in [-0.3, -0.25) is 9.59 Å². The number of esters is 1. The third-order valence-corrected chi connectivity index (χ3v) is 4.33. The van der Waals surface area contributed by atoms with E-state index in [9.17, 15) is 9.59 Å². The number of pyridine rings is 1. The molecule has 0 aliphatic carbocycles. The number of nitrogens with one attached hydrogen (secondary N) is 1. The summed E-state index contributed by atoms with van der Waals surface area (Å²) < 4.78 is 9.83. The maximum atomic E-state index is 12.4. The Bertz CT molecular complexity index is 887. The molecule has 0 aliphatic heterocycles. The van der Waals surface area contributed by atoms with Crippen LogP contribution in [0.5, 0.6) is 0 Å². The number of nitrogens with zero attached hydrogens (tertiary/aromatic N) is 1. The summed E-state index contributed by atoms with van der Waals surface area (Å²) >= 11 is 7.36. The number of fused-ring (bicyclic) bond motifs is 1. The van der Waals surface area contributed by atoms with Crippen molar-refractivity contribution < 1.29 is 18.7 Å². The number of furan rings is 1.